The van der Waals surface area contributed by atoms with Crippen molar-refractivity contribution in [2.24, 2.45) is 5.92 Å². The number of methoxy groups -OCH3 is 1. The smallest absolute Gasteiger partial charge is 0.0701 e. The molecule has 0 aromatic heterocycles. The maximum atomic E-state index is 6.19. The number of hydrogen-bond donors (Lipinski definition) is 1. The third-order valence-electron chi connectivity index (χ3n) is 4.74. The summed E-state index contributed by atoms with van der Waals surface area (Å²) in [6.07, 6.45) is 7.35. The molecule has 2 rings (SSSR count). The highest BCUT2D eigenvalue weighted by atomic mass is 32.2. The van der Waals surface area contributed by atoms with E-state index in [-0.39, 0.29) is 5.60 Å². The Morgan fingerprint density at radius 2 is 2.21 bits per heavy atom. The first-order valence-electron chi connectivity index (χ1n) is 7.67. The maximum absolute atomic E-state index is 6.19. The van der Waals surface area contributed by atoms with E-state index in [0.717, 1.165) is 25.6 Å². The first kappa shape index (κ1) is 15.6. The maximum Gasteiger partial charge on any atom is 0.0701 e. The van der Waals surface area contributed by atoms with E-state index < -0.39 is 0 Å². The van der Waals surface area contributed by atoms with Crippen molar-refractivity contribution < 1.29 is 9.47 Å². The van der Waals surface area contributed by atoms with Gasteiger partial charge in [0.15, 0.2) is 0 Å². The second-order valence-corrected chi connectivity index (χ2v) is 7.15. The third kappa shape index (κ3) is 4.35. The van der Waals surface area contributed by atoms with Gasteiger partial charge >= 0.3 is 0 Å². The van der Waals surface area contributed by atoms with Crippen LogP contribution in [-0.2, 0) is 9.47 Å². The van der Waals surface area contributed by atoms with E-state index in [1.54, 1.807) is 7.11 Å². The molecule has 2 aliphatic heterocycles. The summed E-state index contributed by atoms with van der Waals surface area (Å²) < 4.78 is 11.4. The summed E-state index contributed by atoms with van der Waals surface area (Å²) in [6, 6.07) is 0.630. The fourth-order valence-corrected chi connectivity index (χ4v) is 4.80. The van der Waals surface area contributed by atoms with Crippen molar-refractivity contribution in [2.75, 3.05) is 38.9 Å². The van der Waals surface area contributed by atoms with Crippen LogP contribution < -0.4 is 5.32 Å². The van der Waals surface area contributed by atoms with Crippen molar-refractivity contribution in [3.63, 3.8) is 0 Å². The minimum atomic E-state index is 0.213. The molecule has 0 radical (unpaired) electrons. The van der Waals surface area contributed by atoms with Gasteiger partial charge < -0.3 is 14.8 Å². The lowest BCUT2D eigenvalue weighted by Crippen LogP contribution is -2.48. The van der Waals surface area contributed by atoms with Gasteiger partial charge in [-0.1, -0.05) is 0 Å². The predicted octanol–water partition coefficient (Wildman–Crippen LogP) is 2.69. The van der Waals surface area contributed by atoms with Gasteiger partial charge in [-0.3, -0.25) is 0 Å². The van der Waals surface area contributed by atoms with Crippen molar-refractivity contribution in [2.45, 2.75) is 50.2 Å². The minimum Gasteiger partial charge on any atom is -0.385 e. The second-order valence-electron chi connectivity index (χ2n) is 5.93. The minimum absolute atomic E-state index is 0.213. The molecular weight excluding hydrogens is 258 g/mol. The average Bonchev–Trinajstić information content (AvgIpc) is 2.44. The van der Waals surface area contributed by atoms with Crippen LogP contribution in [0.15, 0.2) is 0 Å². The molecule has 2 aliphatic rings. The lowest BCUT2D eigenvalue weighted by Gasteiger charge is -2.45. The Kier molecular flexibility index (Phi) is 6.46. The molecule has 0 saturated carbocycles. The van der Waals surface area contributed by atoms with Gasteiger partial charge in [-0.2, -0.15) is 11.8 Å². The number of hydrogen-bond acceptors (Lipinski definition) is 4. The highest BCUT2D eigenvalue weighted by Gasteiger charge is 2.40. The van der Waals surface area contributed by atoms with Crippen LogP contribution in [0.5, 0.6) is 0 Å². The Labute approximate surface area is 122 Å². The lowest BCUT2D eigenvalue weighted by atomic mass is 9.77. The fraction of sp³-hybridized carbons (Fsp3) is 1.00. The molecule has 2 unspecified atom stereocenters. The second kappa shape index (κ2) is 7.87. The molecule has 1 N–H and O–H groups in total. The van der Waals surface area contributed by atoms with Crippen molar-refractivity contribution in [1.82, 2.24) is 5.32 Å². The normalized spacial score (nSPS) is 28.4. The Hall–Kier alpha value is 0.230. The van der Waals surface area contributed by atoms with Gasteiger partial charge in [0.2, 0.25) is 0 Å². The van der Waals surface area contributed by atoms with E-state index in [9.17, 15) is 0 Å². The Balaban J connectivity index is 1.87. The molecule has 19 heavy (non-hydrogen) atoms. The lowest BCUT2D eigenvalue weighted by molar-refractivity contribution is -0.107. The summed E-state index contributed by atoms with van der Waals surface area (Å²) in [7, 11) is 3.90. The third-order valence-corrected chi connectivity index (χ3v) is 5.72. The summed E-state index contributed by atoms with van der Waals surface area (Å²) in [5.74, 6) is 3.33. The van der Waals surface area contributed by atoms with Crippen molar-refractivity contribution in [1.29, 1.82) is 0 Å². The number of ether oxygens (including phenoxy) is 2. The van der Waals surface area contributed by atoms with E-state index in [1.807, 2.05) is 0 Å². The van der Waals surface area contributed by atoms with Gasteiger partial charge in [-0.15, -0.1) is 0 Å². The summed E-state index contributed by atoms with van der Waals surface area (Å²) in [4.78, 5) is 0. The monoisotopic (exact) mass is 287 g/mol. The molecule has 2 heterocycles. The van der Waals surface area contributed by atoms with Gasteiger partial charge in [-0.25, -0.2) is 0 Å². The zero-order valence-corrected chi connectivity index (χ0v) is 13.3. The number of thioether (sulfide) groups is 1. The molecule has 0 aromatic rings. The van der Waals surface area contributed by atoms with Crippen LogP contribution in [0.1, 0.15) is 38.5 Å². The van der Waals surface area contributed by atoms with Gasteiger partial charge in [0, 0.05) is 26.4 Å². The van der Waals surface area contributed by atoms with E-state index in [2.05, 4.69) is 24.1 Å². The van der Waals surface area contributed by atoms with E-state index in [4.69, 9.17) is 9.47 Å². The van der Waals surface area contributed by atoms with Crippen LogP contribution in [-0.4, -0.2) is 50.5 Å². The van der Waals surface area contributed by atoms with Crippen LogP contribution in [0.4, 0.5) is 0 Å². The molecule has 0 amide bonds. The van der Waals surface area contributed by atoms with E-state index in [0.29, 0.717) is 6.04 Å². The van der Waals surface area contributed by atoms with Crippen molar-refractivity contribution in [3.8, 4) is 0 Å². The first-order chi connectivity index (χ1) is 9.29. The summed E-state index contributed by atoms with van der Waals surface area (Å²) >= 11 is 2.08. The Morgan fingerprint density at radius 3 is 2.89 bits per heavy atom. The van der Waals surface area contributed by atoms with Gasteiger partial charge in [0.25, 0.3) is 0 Å². The molecule has 1 spiro atoms. The number of nitrogens with one attached hydrogen (secondary N) is 1. The Bertz CT molecular complexity index is 251. The molecule has 0 aromatic carbocycles. The molecular formula is C15H29NO2S. The van der Waals surface area contributed by atoms with Crippen LogP contribution in [0, 0.1) is 5.92 Å². The molecule has 2 fully saturated rings. The van der Waals surface area contributed by atoms with Gasteiger partial charge in [0.1, 0.15) is 0 Å². The van der Waals surface area contributed by atoms with Crippen molar-refractivity contribution >= 4 is 11.8 Å². The van der Waals surface area contributed by atoms with Crippen LogP contribution in [0.3, 0.4) is 0 Å². The van der Waals surface area contributed by atoms with E-state index >= 15 is 0 Å². The van der Waals surface area contributed by atoms with Crippen LogP contribution >= 0.6 is 11.8 Å². The fourth-order valence-electron chi connectivity index (χ4n) is 3.56. The number of rotatable bonds is 6. The van der Waals surface area contributed by atoms with Crippen molar-refractivity contribution in [3.05, 3.63) is 0 Å². The molecule has 112 valence electrons. The first-order valence-corrected chi connectivity index (χ1v) is 8.83. The summed E-state index contributed by atoms with van der Waals surface area (Å²) in [5, 5.41) is 3.54. The highest BCUT2D eigenvalue weighted by Crippen LogP contribution is 2.41. The van der Waals surface area contributed by atoms with Gasteiger partial charge in [0.05, 0.1) is 5.60 Å². The van der Waals surface area contributed by atoms with E-state index in [1.165, 1.54) is 43.6 Å². The molecule has 0 aliphatic carbocycles. The standard InChI is InChI=1S/C15H29NO2S/c1-16-14(4-3-8-17-2)13-5-9-18-15(12-13)6-10-19-11-7-15/h13-14,16H,3-12H2,1-2H3. The summed E-state index contributed by atoms with van der Waals surface area (Å²) in [5.41, 5.74) is 0.213. The van der Waals surface area contributed by atoms with Crippen LogP contribution in [0.2, 0.25) is 0 Å². The molecule has 3 nitrogen and oxygen atoms in total. The molecule has 2 saturated heterocycles. The zero-order valence-electron chi connectivity index (χ0n) is 12.5. The SMILES string of the molecule is CNC(CCCOC)C1CCOC2(CCSCC2)C1. The molecule has 2 atom stereocenters. The highest BCUT2D eigenvalue weighted by molar-refractivity contribution is 7.99. The van der Waals surface area contributed by atoms with Gasteiger partial charge in [-0.05, 0) is 63.0 Å². The zero-order chi connectivity index (χ0) is 13.6. The summed E-state index contributed by atoms with van der Waals surface area (Å²) in [6.45, 7) is 1.83. The quantitative estimate of drug-likeness (QED) is 0.761. The molecule has 4 heteroatoms. The predicted molar refractivity (Wildman–Crippen MR) is 81.9 cm³/mol. The molecule has 0 bridgehead atoms. The largest absolute Gasteiger partial charge is 0.385 e. The van der Waals surface area contributed by atoms with Crippen LogP contribution in [0.25, 0.3) is 0 Å². The Morgan fingerprint density at radius 1 is 1.42 bits per heavy atom. The average molecular weight is 287 g/mol. The topological polar surface area (TPSA) is 30.5 Å².